The number of esters is 1. The van der Waals surface area contributed by atoms with Crippen LogP contribution in [0.25, 0.3) is 0 Å². The monoisotopic (exact) mass is 251 g/mol. The highest BCUT2D eigenvalue weighted by atomic mass is 19.1. The Kier molecular flexibility index (Phi) is 5.04. The third-order valence-corrected chi connectivity index (χ3v) is 2.77. The largest absolute Gasteiger partial charge is 0.468 e. The number of carbonyl (C=O) groups is 1. The van der Waals surface area contributed by atoms with Crippen molar-refractivity contribution in [2.24, 2.45) is 0 Å². The summed E-state index contributed by atoms with van der Waals surface area (Å²) >= 11 is 0. The Morgan fingerprint density at radius 2 is 2.22 bits per heavy atom. The molecule has 1 aromatic rings. The Morgan fingerprint density at radius 1 is 1.56 bits per heavy atom. The summed E-state index contributed by atoms with van der Waals surface area (Å²) in [5, 5.41) is 3.01. The third kappa shape index (κ3) is 3.40. The second-order valence-corrected chi connectivity index (χ2v) is 4.26. The van der Waals surface area contributed by atoms with Crippen LogP contribution in [0.5, 0.6) is 0 Å². The maximum absolute atomic E-state index is 13.6. The van der Waals surface area contributed by atoms with Gasteiger partial charge in [-0.05, 0) is 18.6 Å². The molecule has 0 radical (unpaired) electrons. The molecule has 1 rings (SSSR count). The van der Waals surface area contributed by atoms with Crippen molar-refractivity contribution in [3.63, 3.8) is 0 Å². The topological polar surface area (TPSA) is 38.3 Å². The standard InChI is InChI=1S/C14H18FNO2/c1-4-9-16-14(2,13(17)18-3)10-11-7-5-6-8-12(11)15/h4-8,16H,1,9-10H2,2-3H3. The lowest BCUT2D eigenvalue weighted by Gasteiger charge is -2.27. The average molecular weight is 251 g/mol. The van der Waals surface area contributed by atoms with Crippen LogP contribution in [0, 0.1) is 5.82 Å². The summed E-state index contributed by atoms with van der Waals surface area (Å²) in [5.41, 5.74) is -0.493. The lowest BCUT2D eigenvalue weighted by atomic mass is 9.92. The van der Waals surface area contributed by atoms with E-state index in [-0.39, 0.29) is 12.2 Å². The molecule has 0 spiro atoms. The summed E-state index contributed by atoms with van der Waals surface area (Å²) in [6.07, 6.45) is 1.86. The summed E-state index contributed by atoms with van der Waals surface area (Å²) in [6.45, 7) is 5.72. The zero-order valence-electron chi connectivity index (χ0n) is 10.7. The van der Waals surface area contributed by atoms with Gasteiger partial charge in [0.1, 0.15) is 11.4 Å². The van der Waals surface area contributed by atoms with E-state index in [0.717, 1.165) is 0 Å². The number of halogens is 1. The van der Waals surface area contributed by atoms with Crippen LogP contribution in [0.3, 0.4) is 0 Å². The summed E-state index contributed by atoms with van der Waals surface area (Å²) in [7, 11) is 1.32. The molecule has 1 atom stereocenters. The minimum atomic E-state index is -0.967. The van der Waals surface area contributed by atoms with Crippen molar-refractivity contribution >= 4 is 5.97 Å². The van der Waals surface area contributed by atoms with Crippen molar-refractivity contribution in [2.75, 3.05) is 13.7 Å². The average Bonchev–Trinajstić information content (AvgIpc) is 2.38. The fraction of sp³-hybridized carbons (Fsp3) is 0.357. The molecule has 1 N–H and O–H groups in total. The summed E-state index contributed by atoms with van der Waals surface area (Å²) in [4.78, 5) is 11.8. The van der Waals surface area contributed by atoms with E-state index in [1.54, 1.807) is 31.2 Å². The maximum atomic E-state index is 13.6. The number of hydrogen-bond acceptors (Lipinski definition) is 3. The van der Waals surface area contributed by atoms with E-state index in [1.165, 1.54) is 13.2 Å². The van der Waals surface area contributed by atoms with Crippen LogP contribution in [-0.2, 0) is 16.0 Å². The fourth-order valence-corrected chi connectivity index (χ4v) is 1.75. The first kappa shape index (κ1) is 14.4. The van der Waals surface area contributed by atoms with E-state index >= 15 is 0 Å². The molecule has 0 aliphatic heterocycles. The third-order valence-electron chi connectivity index (χ3n) is 2.77. The van der Waals surface area contributed by atoms with Crippen LogP contribution >= 0.6 is 0 Å². The molecular formula is C14H18FNO2. The van der Waals surface area contributed by atoms with Crippen molar-refractivity contribution in [1.82, 2.24) is 5.32 Å². The molecule has 0 amide bonds. The smallest absolute Gasteiger partial charge is 0.326 e. The quantitative estimate of drug-likeness (QED) is 0.621. The van der Waals surface area contributed by atoms with Gasteiger partial charge >= 0.3 is 5.97 Å². The molecule has 0 fully saturated rings. The Bertz CT molecular complexity index is 434. The first-order valence-corrected chi connectivity index (χ1v) is 5.71. The highest BCUT2D eigenvalue weighted by Gasteiger charge is 2.34. The first-order chi connectivity index (χ1) is 8.53. The minimum absolute atomic E-state index is 0.222. The van der Waals surface area contributed by atoms with Crippen molar-refractivity contribution in [1.29, 1.82) is 0 Å². The normalized spacial score (nSPS) is 13.7. The molecule has 4 heteroatoms. The zero-order chi connectivity index (χ0) is 13.6. The van der Waals surface area contributed by atoms with Crippen LogP contribution in [0.15, 0.2) is 36.9 Å². The Labute approximate surface area is 107 Å². The molecule has 3 nitrogen and oxygen atoms in total. The Morgan fingerprint density at radius 3 is 2.78 bits per heavy atom. The SMILES string of the molecule is C=CCNC(C)(Cc1ccccc1F)C(=O)OC. The van der Waals surface area contributed by atoms with Gasteiger partial charge in [-0.25, -0.2) is 4.39 Å². The molecule has 0 saturated carbocycles. The summed E-state index contributed by atoms with van der Waals surface area (Å²) in [6, 6.07) is 6.39. The van der Waals surface area contributed by atoms with Gasteiger partial charge in [0.05, 0.1) is 7.11 Å². The molecular weight excluding hydrogens is 233 g/mol. The van der Waals surface area contributed by atoms with E-state index in [9.17, 15) is 9.18 Å². The number of benzene rings is 1. The molecule has 98 valence electrons. The Hall–Kier alpha value is -1.68. The van der Waals surface area contributed by atoms with Gasteiger partial charge in [-0.2, -0.15) is 0 Å². The summed E-state index contributed by atoms with van der Waals surface area (Å²) in [5.74, 6) is -0.749. The number of ether oxygens (including phenoxy) is 1. The van der Waals surface area contributed by atoms with Crippen molar-refractivity contribution in [3.05, 3.63) is 48.3 Å². The fourth-order valence-electron chi connectivity index (χ4n) is 1.75. The van der Waals surface area contributed by atoms with E-state index in [1.807, 2.05) is 0 Å². The van der Waals surface area contributed by atoms with Gasteiger partial charge in [0.2, 0.25) is 0 Å². The van der Waals surface area contributed by atoms with Crippen LogP contribution in [0.1, 0.15) is 12.5 Å². The van der Waals surface area contributed by atoms with E-state index in [0.29, 0.717) is 12.1 Å². The number of carbonyl (C=O) groups excluding carboxylic acids is 1. The van der Waals surface area contributed by atoms with Gasteiger partial charge in [0, 0.05) is 13.0 Å². The Balaban J connectivity index is 2.94. The van der Waals surface area contributed by atoms with E-state index < -0.39 is 11.5 Å². The van der Waals surface area contributed by atoms with Crippen LogP contribution in [0.2, 0.25) is 0 Å². The number of hydrogen-bond donors (Lipinski definition) is 1. The van der Waals surface area contributed by atoms with Crippen LogP contribution in [0.4, 0.5) is 4.39 Å². The minimum Gasteiger partial charge on any atom is -0.468 e. The number of rotatable bonds is 6. The summed E-state index contributed by atoms with van der Waals surface area (Å²) < 4.78 is 18.4. The second-order valence-electron chi connectivity index (χ2n) is 4.26. The molecule has 1 unspecified atom stereocenters. The maximum Gasteiger partial charge on any atom is 0.326 e. The lowest BCUT2D eigenvalue weighted by molar-refractivity contribution is -0.147. The van der Waals surface area contributed by atoms with Gasteiger partial charge in [-0.3, -0.25) is 10.1 Å². The van der Waals surface area contributed by atoms with Gasteiger partial charge in [-0.15, -0.1) is 6.58 Å². The number of methoxy groups -OCH3 is 1. The molecule has 0 saturated heterocycles. The van der Waals surface area contributed by atoms with Crippen LogP contribution in [-0.4, -0.2) is 25.2 Å². The van der Waals surface area contributed by atoms with E-state index in [4.69, 9.17) is 4.74 Å². The van der Waals surface area contributed by atoms with Gasteiger partial charge in [-0.1, -0.05) is 24.3 Å². The number of nitrogens with one attached hydrogen (secondary N) is 1. The molecule has 0 aliphatic carbocycles. The van der Waals surface area contributed by atoms with Crippen molar-refractivity contribution < 1.29 is 13.9 Å². The predicted octanol–water partition coefficient (Wildman–Crippen LogP) is 2.08. The van der Waals surface area contributed by atoms with Crippen molar-refractivity contribution in [3.8, 4) is 0 Å². The predicted molar refractivity (Wildman–Crippen MR) is 68.7 cm³/mol. The molecule has 0 aromatic heterocycles. The van der Waals surface area contributed by atoms with Crippen LogP contribution < -0.4 is 5.32 Å². The van der Waals surface area contributed by atoms with E-state index in [2.05, 4.69) is 11.9 Å². The molecule has 0 heterocycles. The molecule has 18 heavy (non-hydrogen) atoms. The molecule has 0 bridgehead atoms. The highest BCUT2D eigenvalue weighted by molar-refractivity contribution is 5.80. The second kappa shape index (κ2) is 6.31. The highest BCUT2D eigenvalue weighted by Crippen LogP contribution is 2.17. The van der Waals surface area contributed by atoms with Gasteiger partial charge in [0.15, 0.2) is 0 Å². The zero-order valence-corrected chi connectivity index (χ0v) is 10.7. The van der Waals surface area contributed by atoms with Crippen molar-refractivity contribution in [2.45, 2.75) is 18.9 Å². The lowest BCUT2D eigenvalue weighted by Crippen LogP contribution is -2.52. The first-order valence-electron chi connectivity index (χ1n) is 5.71. The molecule has 1 aromatic carbocycles. The van der Waals surface area contributed by atoms with Gasteiger partial charge < -0.3 is 4.74 Å². The molecule has 0 aliphatic rings. The van der Waals surface area contributed by atoms with Gasteiger partial charge in [0.25, 0.3) is 0 Å².